The van der Waals surface area contributed by atoms with Crippen molar-refractivity contribution in [1.82, 2.24) is 0 Å². The zero-order valence-electron chi connectivity index (χ0n) is 13.0. The van der Waals surface area contributed by atoms with Crippen LogP contribution in [0.1, 0.15) is 33.3 Å². The van der Waals surface area contributed by atoms with Gasteiger partial charge in [-0.05, 0) is 32.3 Å². The van der Waals surface area contributed by atoms with Crippen LogP contribution in [0, 0.1) is 0 Å². The number of rotatable bonds is 1. The third-order valence-electron chi connectivity index (χ3n) is 3.12. The van der Waals surface area contributed by atoms with E-state index in [2.05, 4.69) is 55.6 Å². The predicted molar refractivity (Wildman–Crippen MR) is 95.0 cm³/mol. The molecule has 0 unspecified atom stereocenters. The lowest BCUT2D eigenvalue weighted by atomic mass is 9.96. The van der Waals surface area contributed by atoms with Crippen LogP contribution in [-0.4, -0.2) is 0 Å². The summed E-state index contributed by atoms with van der Waals surface area (Å²) in [5, 5.41) is 6.13. The Balaban J connectivity index is 0.000000461. The molecule has 104 valence electrons. The van der Waals surface area contributed by atoms with Crippen LogP contribution < -0.4 is 5.22 Å². The summed E-state index contributed by atoms with van der Waals surface area (Å²) in [6.45, 7) is 16.0. The molecule has 20 heavy (non-hydrogen) atoms. The highest BCUT2D eigenvalue weighted by Gasteiger charge is 2.04. The SMILES string of the molecule is C=Cc1ccc2cccc3ccc(=C)c1c23.CC.CC. The van der Waals surface area contributed by atoms with Crippen LogP contribution in [0.15, 0.2) is 49.0 Å². The van der Waals surface area contributed by atoms with E-state index in [-0.39, 0.29) is 0 Å². The van der Waals surface area contributed by atoms with E-state index in [1.165, 1.54) is 21.5 Å². The summed E-state index contributed by atoms with van der Waals surface area (Å²) in [7, 11) is 0. The Bertz CT molecular complexity index is 720. The van der Waals surface area contributed by atoms with Gasteiger partial charge in [-0.25, -0.2) is 0 Å². The lowest BCUT2D eigenvalue weighted by Crippen LogP contribution is -2.00. The van der Waals surface area contributed by atoms with Crippen molar-refractivity contribution in [2.45, 2.75) is 27.7 Å². The topological polar surface area (TPSA) is 0 Å². The molecule has 0 bridgehead atoms. The standard InChI is InChI=1S/C16H12.2C2H6/c1-3-12-9-10-14-6-4-5-13-8-7-11(2)15(12)16(13)14;2*1-2/h3-10H,1-2H2;2*1-2H3. The Morgan fingerprint density at radius 2 is 1.30 bits per heavy atom. The first kappa shape index (κ1) is 16.0. The molecule has 0 nitrogen and oxygen atoms in total. The van der Waals surface area contributed by atoms with Crippen LogP contribution in [0.25, 0.3) is 34.2 Å². The maximum Gasteiger partial charge on any atom is -0.00270 e. The van der Waals surface area contributed by atoms with Gasteiger partial charge in [-0.2, -0.15) is 0 Å². The molecule has 3 rings (SSSR count). The Kier molecular flexibility index (Phi) is 5.99. The van der Waals surface area contributed by atoms with E-state index in [1.54, 1.807) is 0 Å². The fourth-order valence-electron chi connectivity index (χ4n) is 2.35. The zero-order valence-corrected chi connectivity index (χ0v) is 13.0. The Morgan fingerprint density at radius 3 is 1.85 bits per heavy atom. The highest BCUT2D eigenvalue weighted by Crippen LogP contribution is 2.27. The molecule has 0 aliphatic heterocycles. The van der Waals surface area contributed by atoms with Gasteiger partial charge in [0.05, 0.1) is 0 Å². The lowest BCUT2D eigenvalue weighted by Gasteiger charge is -2.08. The van der Waals surface area contributed by atoms with E-state index in [0.717, 1.165) is 10.8 Å². The maximum absolute atomic E-state index is 4.11. The minimum atomic E-state index is 1.07. The van der Waals surface area contributed by atoms with E-state index in [4.69, 9.17) is 0 Å². The summed E-state index contributed by atoms with van der Waals surface area (Å²) in [6.07, 6.45) is 1.90. The molecule has 0 aliphatic rings. The van der Waals surface area contributed by atoms with Gasteiger partial charge in [-0.3, -0.25) is 0 Å². The predicted octanol–water partition coefficient (Wildman–Crippen LogP) is 5.82. The van der Waals surface area contributed by atoms with E-state index < -0.39 is 0 Å². The Hall–Kier alpha value is -2.08. The van der Waals surface area contributed by atoms with Crippen LogP contribution in [0.3, 0.4) is 0 Å². The number of benzene rings is 3. The summed E-state index contributed by atoms with van der Waals surface area (Å²) in [5.41, 5.74) is 1.16. The molecule has 0 aromatic heterocycles. The molecule has 0 saturated carbocycles. The first-order valence-corrected chi connectivity index (χ1v) is 7.37. The zero-order chi connectivity index (χ0) is 15.1. The second-order valence-electron chi connectivity index (χ2n) is 4.04. The van der Waals surface area contributed by atoms with Gasteiger partial charge in [0.2, 0.25) is 0 Å². The molecule has 0 fully saturated rings. The number of hydrogen-bond acceptors (Lipinski definition) is 0. The lowest BCUT2D eigenvalue weighted by molar-refractivity contribution is 1.50. The van der Waals surface area contributed by atoms with Crippen LogP contribution >= 0.6 is 0 Å². The van der Waals surface area contributed by atoms with Gasteiger partial charge in [0, 0.05) is 0 Å². The third kappa shape index (κ3) is 2.75. The maximum atomic E-state index is 4.11. The molecule has 0 heteroatoms. The molecule has 0 heterocycles. The van der Waals surface area contributed by atoms with Gasteiger partial charge < -0.3 is 0 Å². The van der Waals surface area contributed by atoms with Crippen LogP contribution in [-0.2, 0) is 0 Å². The first-order chi connectivity index (χ1) is 9.81. The smallest absolute Gasteiger partial charge is 0.00270 e. The summed E-state index contributed by atoms with van der Waals surface area (Å²) in [6, 6.07) is 14.8. The van der Waals surface area contributed by atoms with Crippen molar-refractivity contribution in [3.8, 4) is 0 Å². The summed E-state index contributed by atoms with van der Waals surface area (Å²) in [4.78, 5) is 0. The second-order valence-corrected chi connectivity index (χ2v) is 4.04. The highest BCUT2D eigenvalue weighted by atomic mass is 14.1. The average Bonchev–Trinajstić information content (AvgIpc) is 2.54. The van der Waals surface area contributed by atoms with E-state index in [0.29, 0.717) is 0 Å². The van der Waals surface area contributed by atoms with Crippen molar-refractivity contribution in [1.29, 1.82) is 0 Å². The molecular weight excluding hydrogens is 240 g/mol. The Morgan fingerprint density at radius 1 is 0.750 bits per heavy atom. The average molecular weight is 264 g/mol. The molecule has 0 amide bonds. The van der Waals surface area contributed by atoms with Crippen molar-refractivity contribution >= 4 is 34.2 Å². The second kappa shape index (κ2) is 7.49. The molecule has 3 aromatic carbocycles. The minimum absolute atomic E-state index is 1.07. The fourth-order valence-corrected chi connectivity index (χ4v) is 2.35. The molecule has 0 atom stereocenters. The molecule has 0 radical (unpaired) electrons. The quantitative estimate of drug-likeness (QED) is 0.519. The molecule has 0 spiro atoms. The largest absolute Gasteiger partial charge is 0.0984 e. The first-order valence-electron chi connectivity index (χ1n) is 7.37. The van der Waals surface area contributed by atoms with Crippen molar-refractivity contribution < 1.29 is 0 Å². The summed E-state index contributed by atoms with van der Waals surface area (Å²) in [5.74, 6) is 0. The molecule has 3 aromatic rings. The van der Waals surface area contributed by atoms with Gasteiger partial charge in [0.1, 0.15) is 0 Å². The van der Waals surface area contributed by atoms with Gasteiger partial charge in [0.25, 0.3) is 0 Å². The van der Waals surface area contributed by atoms with Crippen LogP contribution in [0.2, 0.25) is 0 Å². The van der Waals surface area contributed by atoms with Crippen molar-refractivity contribution in [2.24, 2.45) is 0 Å². The normalized spacial score (nSPS) is 9.40. The monoisotopic (exact) mass is 264 g/mol. The van der Waals surface area contributed by atoms with Crippen LogP contribution in [0.4, 0.5) is 0 Å². The van der Waals surface area contributed by atoms with Gasteiger partial charge >= 0.3 is 0 Å². The van der Waals surface area contributed by atoms with Crippen molar-refractivity contribution in [2.75, 3.05) is 0 Å². The number of hydrogen-bond donors (Lipinski definition) is 0. The van der Waals surface area contributed by atoms with Gasteiger partial charge in [-0.15, -0.1) is 0 Å². The van der Waals surface area contributed by atoms with E-state index >= 15 is 0 Å². The van der Waals surface area contributed by atoms with Crippen molar-refractivity contribution in [3.63, 3.8) is 0 Å². The summed E-state index contributed by atoms with van der Waals surface area (Å²) >= 11 is 0. The van der Waals surface area contributed by atoms with Gasteiger partial charge in [0.15, 0.2) is 0 Å². The van der Waals surface area contributed by atoms with E-state index in [9.17, 15) is 0 Å². The molecule has 0 aliphatic carbocycles. The molecular formula is C20H24. The van der Waals surface area contributed by atoms with Crippen molar-refractivity contribution in [3.05, 3.63) is 59.8 Å². The minimum Gasteiger partial charge on any atom is -0.0984 e. The Labute approximate surface area is 122 Å². The summed E-state index contributed by atoms with van der Waals surface area (Å²) < 4.78 is 0. The highest BCUT2D eigenvalue weighted by molar-refractivity contribution is 6.12. The fraction of sp³-hybridized carbons (Fsp3) is 0.200. The molecule has 0 N–H and O–H groups in total. The van der Waals surface area contributed by atoms with Crippen LogP contribution in [0.5, 0.6) is 0 Å². The molecule has 0 saturated heterocycles. The third-order valence-corrected chi connectivity index (χ3v) is 3.12. The van der Waals surface area contributed by atoms with Gasteiger partial charge in [-0.1, -0.05) is 89.4 Å². The van der Waals surface area contributed by atoms with E-state index in [1.807, 2.05) is 33.8 Å².